The van der Waals surface area contributed by atoms with Crippen molar-refractivity contribution in [3.63, 3.8) is 0 Å². The second-order valence-electron chi connectivity index (χ2n) is 3.48. The number of benzene rings is 1. The molecule has 0 radical (unpaired) electrons. The third-order valence-corrected chi connectivity index (χ3v) is 2.87. The minimum Gasteiger partial charge on any atom is -0.431 e. The van der Waals surface area contributed by atoms with Crippen LogP contribution >= 0.6 is 11.8 Å². The summed E-state index contributed by atoms with van der Waals surface area (Å²) in [6.45, 7) is 2.02. The Morgan fingerprint density at radius 1 is 1.61 bits per heavy atom. The highest BCUT2D eigenvalue weighted by Gasteiger charge is 2.07. The molecule has 0 saturated heterocycles. The molecule has 0 aliphatic heterocycles. The summed E-state index contributed by atoms with van der Waals surface area (Å²) in [7, 11) is 0. The second-order valence-corrected chi connectivity index (χ2v) is 4.69. The summed E-state index contributed by atoms with van der Waals surface area (Å²) in [6.07, 6.45) is -0.161. The summed E-state index contributed by atoms with van der Waals surface area (Å²) < 4.78 is 5.53. The van der Waals surface area contributed by atoms with Crippen LogP contribution in [0.2, 0.25) is 0 Å². The van der Waals surface area contributed by atoms with Gasteiger partial charge in [-0.2, -0.15) is 5.26 Å². The Balaban J connectivity index is 2.21. The fourth-order valence-electron chi connectivity index (χ4n) is 1.44. The molecule has 1 amide bonds. The lowest BCUT2D eigenvalue weighted by atomic mass is 10.3. The van der Waals surface area contributed by atoms with Gasteiger partial charge in [0, 0.05) is 11.8 Å². The number of fused-ring (bicyclic) bond motifs is 1. The summed E-state index contributed by atoms with van der Waals surface area (Å²) in [5.41, 5.74) is 1.98. The molecule has 0 saturated carbocycles. The first-order chi connectivity index (χ1) is 8.72. The van der Waals surface area contributed by atoms with Gasteiger partial charge in [0.1, 0.15) is 11.9 Å². The van der Waals surface area contributed by atoms with Crippen molar-refractivity contribution in [1.29, 1.82) is 5.26 Å². The molecule has 0 bridgehead atoms. The van der Waals surface area contributed by atoms with Gasteiger partial charge in [-0.1, -0.05) is 18.7 Å². The number of rotatable bonds is 4. The van der Waals surface area contributed by atoms with Crippen molar-refractivity contribution in [2.75, 3.05) is 11.1 Å². The highest BCUT2D eigenvalue weighted by atomic mass is 32.2. The van der Waals surface area contributed by atoms with Gasteiger partial charge in [0.25, 0.3) is 5.22 Å². The van der Waals surface area contributed by atoms with E-state index in [-0.39, 0.29) is 12.3 Å². The number of carbonyl (C=O) groups excluding carboxylic acids is 1. The highest BCUT2D eigenvalue weighted by Crippen LogP contribution is 2.25. The minimum absolute atomic E-state index is 0.161. The number of thioether (sulfide) groups is 1. The number of nitrogens with one attached hydrogen (secondary N) is 1. The fourth-order valence-corrected chi connectivity index (χ4v) is 2.00. The number of amides is 1. The smallest absolute Gasteiger partial charge is 0.256 e. The van der Waals surface area contributed by atoms with Gasteiger partial charge < -0.3 is 9.73 Å². The maximum absolute atomic E-state index is 11.3. The summed E-state index contributed by atoms with van der Waals surface area (Å²) in [4.78, 5) is 15.6. The second kappa shape index (κ2) is 5.56. The average molecular weight is 261 g/mol. The lowest BCUT2D eigenvalue weighted by molar-refractivity contribution is -0.115. The van der Waals surface area contributed by atoms with Crippen molar-refractivity contribution in [1.82, 2.24) is 4.98 Å². The Kier molecular flexibility index (Phi) is 3.85. The van der Waals surface area contributed by atoms with Crippen LogP contribution in [0, 0.1) is 11.3 Å². The van der Waals surface area contributed by atoms with Gasteiger partial charge in [0.05, 0.1) is 6.07 Å². The van der Waals surface area contributed by atoms with Crippen molar-refractivity contribution in [3.8, 4) is 6.07 Å². The van der Waals surface area contributed by atoms with E-state index in [9.17, 15) is 4.79 Å². The predicted molar refractivity (Wildman–Crippen MR) is 69.3 cm³/mol. The Morgan fingerprint density at radius 3 is 3.17 bits per heavy atom. The molecule has 1 N–H and O–H groups in total. The molecular formula is C12H11N3O2S. The van der Waals surface area contributed by atoms with Crippen LogP contribution in [0.3, 0.4) is 0 Å². The number of oxazole rings is 1. The van der Waals surface area contributed by atoms with Gasteiger partial charge in [-0.3, -0.25) is 4.79 Å². The largest absolute Gasteiger partial charge is 0.431 e. The maximum Gasteiger partial charge on any atom is 0.256 e. The summed E-state index contributed by atoms with van der Waals surface area (Å²) >= 11 is 1.52. The molecule has 0 aliphatic rings. The van der Waals surface area contributed by atoms with Gasteiger partial charge in [-0.15, -0.1) is 0 Å². The number of hydrogen-bond acceptors (Lipinski definition) is 5. The molecule has 1 heterocycles. The quantitative estimate of drug-likeness (QED) is 0.856. The van der Waals surface area contributed by atoms with Crippen LogP contribution in [0.15, 0.2) is 27.8 Å². The van der Waals surface area contributed by atoms with E-state index >= 15 is 0 Å². The van der Waals surface area contributed by atoms with Crippen LogP contribution < -0.4 is 5.32 Å². The van der Waals surface area contributed by atoms with Gasteiger partial charge in [0.15, 0.2) is 5.58 Å². The zero-order chi connectivity index (χ0) is 13.0. The van der Waals surface area contributed by atoms with E-state index in [1.54, 1.807) is 24.3 Å². The molecule has 0 atom stereocenters. The summed E-state index contributed by atoms with van der Waals surface area (Å²) in [5, 5.41) is 11.6. The van der Waals surface area contributed by atoms with E-state index in [0.29, 0.717) is 16.5 Å². The van der Waals surface area contributed by atoms with Crippen LogP contribution in [0.1, 0.15) is 13.3 Å². The Labute approximate surface area is 108 Å². The van der Waals surface area contributed by atoms with E-state index in [1.807, 2.05) is 6.92 Å². The lowest BCUT2D eigenvalue weighted by Gasteiger charge is -2.00. The third-order valence-electron chi connectivity index (χ3n) is 2.16. The van der Waals surface area contributed by atoms with Crippen molar-refractivity contribution in [3.05, 3.63) is 18.2 Å². The SMILES string of the molecule is CCSc1nc2ccc(NC(=O)CC#N)cc2o1. The molecule has 6 heteroatoms. The molecule has 2 aromatic rings. The summed E-state index contributed by atoms with van der Waals surface area (Å²) in [5.74, 6) is 0.554. The first-order valence-corrected chi connectivity index (χ1v) is 6.41. The average Bonchev–Trinajstić information content (AvgIpc) is 2.71. The minimum atomic E-state index is -0.334. The normalized spacial score (nSPS) is 10.2. The van der Waals surface area contributed by atoms with E-state index in [4.69, 9.17) is 9.68 Å². The maximum atomic E-state index is 11.3. The number of anilines is 1. The van der Waals surface area contributed by atoms with E-state index in [1.165, 1.54) is 11.8 Å². The summed E-state index contributed by atoms with van der Waals surface area (Å²) in [6, 6.07) is 7.02. The molecule has 18 heavy (non-hydrogen) atoms. The first kappa shape index (κ1) is 12.5. The van der Waals surface area contributed by atoms with Crippen molar-refractivity contribution >= 4 is 34.5 Å². The Hall–Kier alpha value is -2.00. The zero-order valence-electron chi connectivity index (χ0n) is 9.77. The highest BCUT2D eigenvalue weighted by molar-refractivity contribution is 7.99. The number of hydrogen-bond donors (Lipinski definition) is 1. The van der Waals surface area contributed by atoms with Gasteiger partial charge >= 0.3 is 0 Å². The Bertz CT molecular complexity index is 615. The Morgan fingerprint density at radius 2 is 2.44 bits per heavy atom. The fraction of sp³-hybridized carbons (Fsp3) is 0.250. The van der Waals surface area contributed by atoms with Crippen LogP contribution in [-0.2, 0) is 4.79 Å². The topological polar surface area (TPSA) is 78.9 Å². The number of aromatic nitrogens is 1. The molecule has 0 unspecified atom stereocenters. The van der Waals surface area contributed by atoms with Crippen molar-refractivity contribution < 1.29 is 9.21 Å². The van der Waals surface area contributed by atoms with Crippen molar-refractivity contribution in [2.45, 2.75) is 18.6 Å². The monoisotopic (exact) mass is 261 g/mol. The molecule has 0 spiro atoms. The number of carbonyl (C=O) groups is 1. The molecule has 2 rings (SSSR count). The van der Waals surface area contributed by atoms with Gasteiger partial charge in [-0.25, -0.2) is 4.98 Å². The van der Waals surface area contributed by atoms with Crippen molar-refractivity contribution in [2.24, 2.45) is 0 Å². The zero-order valence-corrected chi connectivity index (χ0v) is 10.6. The molecule has 92 valence electrons. The van der Waals surface area contributed by atoms with Gasteiger partial charge in [0.2, 0.25) is 5.91 Å². The number of nitrogens with zero attached hydrogens (tertiary/aromatic N) is 2. The molecular weight excluding hydrogens is 250 g/mol. The molecule has 1 aromatic carbocycles. The lowest BCUT2D eigenvalue weighted by Crippen LogP contribution is -2.09. The molecule has 0 aliphatic carbocycles. The third kappa shape index (κ3) is 2.81. The van der Waals surface area contributed by atoms with Crippen LogP contribution in [0.25, 0.3) is 11.1 Å². The first-order valence-electron chi connectivity index (χ1n) is 5.43. The predicted octanol–water partition coefficient (Wildman–Crippen LogP) is 2.79. The molecule has 0 fully saturated rings. The van der Waals surface area contributed by atoms with Crippen LogP contribution in [0.4, 0.5) is 5.69 Å². The molecule has 1 aromatic heterocycles. The van der Waals surface area contributed by atoms with E-state index in [0.717, 1.165) is 11.3 Å². The standard InChI is InChI=1S/C12H11N3O2S/c1-2-18-12-15-9-4-3-8(7-10(9)17-12)14-11(16)5-6-13/h3-4,7H,2,5H2,1H3,(H,14,16). The van der Waals surface area contributed by atoms with Crippen LogP contribution in [0.5, 0.6) is 0 Å². The molecule has 5 nitrogen and oxygen atoms in total. The van der Waals surface area contributed by atoms with Crippen LogP contribution in [-0.4, -0.2) is 16.6 Å². The van der Waals surface area contributed by atoms with Gasteiger partial charge in [-0.05, 0) is 17.9 Å². The van der Waals surface area contributed by atoms with E-state index < -0.39 is 0 Å². The van der Waals surface area contributed by atoms with E-state index in [2.05, 4.69) is 10.3 Å². The number of nitriles is 1.